The van der Waals surface area contributed by atoms with Crippen LogP contribution < -0.4 is 0 Å². The molecule has 4 heteroatoms. The van der Waals surface area contributed by atoms with Crippen molar-refractivity contribution in [2.45, 2.75) is 0 Å². The van der Waals surface area contributed by atoms with Gasteiger partial charge < -0.3 is 10.2 Å². The number of aromatic nitrogens is 1. The minimum Gasteiger partial charge on any atom is -0.493 e. The quantitative estimate of drug-likeness (QED) is 0.627. The molecule has 0 aliphatic carbocycles. The van der Waals surface area contributed by atoms with Gasteiger partial charge in [-0.05, 0) is 6.07 Å². The van der Waals surface area contributed by atoms with Gasteiger partial charge in [0.15, 0.2) is 0 Å². The fourth-order valence-corrected chi connectivity index (χ4v) is 0.507. The summed E-state index contributed by atoms with van der Waals surface area (Å²) in [6.45, 7) is 0. The van der Waals surface area contributed by atoms with Crippen molar-refractivity contribution in [2.75, 3.05) is 0 Å². The van der Waals surface area contributed by atoms with Crippen molar-refractivity contribution in [2.24, 2.45) is 0 Å². The number of aromatic hydroxyl groups is 1. The van der Waals surface area contributed by atoms with E-state index in [9.17, 15) is 4.79 Å². The molecule has 1 heterocycles. The first-order valence-electron chi connectivity index (χ1n) is 2.97. The van der Waals surface area contributed by atoms with Crippen molar-refractivity contribution in [3.05, 3.63) is 23.9 Å². The molecule has 0 saturated carbocycles. The van der Waals surface area contributed by atoms with E-state index in [0.29, 0.717) is 0 Å². The maximum atomic E-state index is 10.3. The Morgan fingerprint density at radius 3 is 2.90 bits per heavy atom. The molecule has 0 saturated heterocycles. The Balaban J connectivity index is 2.91. The summed E-state index contributed by atoms with van der Waals surface area (Å²) in [6.07, 6.45) is 1.13. The molecular weight excluding hydrogens is 134 g/mol. The molecule has 10 heavy (non-hydrogen) atoms. The summed E-state index contributed by atoms with van der Waals surface area (Å²) in [5, 5.41) is 12.4. The number of carboxylic acid groups (broad SMARTS) is 1. The van der Waals surface area contributed by atoms with Crippen LogP contribution in [0.15, 0.2) is 18.3 Å². The predicted molar refractivity (Wildman–Crippen MR) is 32.9 cm³/mol. The second kappa shape index (κ2) is 2.34. The summed E-state index contributed by atoms with van der Waals surface area (Å²) < 4.78 is 6.41. The topological polar surface area (TPSA) is 70.4 Å². The Morgan fingerprint density at radius 1 is 1.70 bits per heavy atom. The van der Waals surface area contributed by atoms with Crippen LogP contribution in [0.5, 0.6) is 5.88 Å². The van der Waals surface area contributed by atoms with Gasteiger partial charge in [-0.1, -0.05) is 0 Å². The van der Waals surface area contributed by atoms with E-state index in [1.165, 1.54) is 12.1 Å². The van der Waals surface area contributed by atoms with Gasteiger partial charge in [0, 0.05) is 12.3 Å². The van der Waals surface area contributed by atoms with Crippen LogP contribution in [0.2, 0.25) is 0 Å². The van der Waals surface area contributed by atoms with Crippen molar-refractivity contribution in [1.29, 1.82) is 1.43 Å². The van der Waals surface area contributed by atoms with Crippen molar-refractivity contribution in [3.63, 3.8) is 0 Å². The molecule has 4 nitrogen and oxygen atoms in total. The third-order valence-corrected chi connectivity index (χ3v) is 0.983. The number of carboxylic acids is 1. The molecule has 0 radical (unpaired) electrons. The zero-order valence-electron chi connectivity index (χ0n) is 5.94. The van der Waals surface area contributed by atoms with Crippen LogP contribution in [-0.2, 0) is 0 Å². The SMILES string of the molecule is [2H]Oc1ccc(C(=O)O)cn1. The summed E-state index contributed by atoms with van der Waals surface area (Å²) in [4.78, 5) is 13.8. The van der Waals surface area contributed by atoms with Crippen LogP contribution in [0.1, 0.15) is 10.4 Å². The van der Waals surface area contributed by atoms with Gasteiger partial charge in [0.25, 0.3) is 1.43 Å². The van der Waals surface area contributed by atoms with Crippen LogP contribution in [-0.4, -0.2) is 22.6 Å². The van der Waals surface area contributed by atoms with E-state index < -0.39 is 5.97 Å². The van der Waals surface area contributed by atoms with Gasteiger partial charge in [-0.2, -0.15) is 0 Å². The average molecular weight is 140 g/mol. The Kier molecular flexibility index (Phi) is 1.23. The third-order valence-electron chi connectivity index (χ3n) is 0.983. The largest absolute Gasteiger partial charge is 0.493 e. The first-order chi connectivity index (χ1) is 5.24. The molecule has 0 amide bonds. The minimum absolute atomic E-state index is 0.0748. The molecule has 0 aliphatic heterocycles. The number of pyridine rings is 1. The lowest BCUT2D eigenvalue weighted by molar-refractivity contribution is 0.0696. The zero-order valence-corrected chi connectivity index (χ0v) is 4.94. The summed E-state index contributed by atoms with van der Waals surface area (Å²) in [7, 11) is 0. The van der Waals surface area contributed by atoms with E-state index in [-0.39, 0.29) is 11.4 Å². The average Bonchev–Trinajstić information content (AvgIpc) is 2.05. The summed E-state index contributed by atoms with van der Waals surface area (Å²) in [5.74, 6) is -0.968. The number of hydrogen-bond donors (Lipinski definition) is 2. The lowest BCUT2D eigenvalue weighted by atomic mass is 10.3. The van der Waals surface area contributed by atoms with Gasteiger partial charge >= 0.3 is 5.97 Å². The van der Waals surface area contributed by atoms with E-state index in [4.69, 9.17) is 6.54 Å². The first kappa shape index (κ1) is 5.22. The maximum absolute atomic E-state index is 10.3. The highest BCUT2D eigenvalue weighted by molar-refractivity contribution is 5.87. The van der Waals surface area contributed by atoms with Gasteiger partial charge in [-0.25, -0.2) is 9.78 Å². The summed E-state index contributed by atoms with van der Waals surface area (Å²) in [6, 6.07) is 2.63. The number of carbonyl (C=O) groups is 1. The Morgan fingerprint density at radius 2 is 2.50 bits per heavy atom. The zero-order chi connectivity index (χ0) is 8.27. The number of aromatic carboxylic acids is 1. The molecular formula is C6H5NO3. The third kappa shape index (κ3) is 1.22. The van der Waals surface area contributed by atoms with Crippen LogP contribution >= 0.6 is 0 Å². The summed E-state index contributed by atoms with van der Waals surface area (Å²) >= 11 is 0. The van der Waals surface area contributed by atoms with E-state index in [1.807, 2.05) is 0 Å². The molecule has 2 N–H and O–H groups in total. The smallest absolute Gasteiger partial charge is 0.337 e. The molecule has 0 atom stereocenters. The second-order valence-electron chi connectivity index (χ2n) is 1.69. The highest BCUT2D eigenvalue weighted by Gasteiger charge is 2.00. The molecule has 1 aromatic rings. The van der Waals surface area contributed by atoms with E-state index in [1.54, 1.807) is 0 Å². The predicted octanol–water partition coefficient (Wildman–Crippen LogP) is 0.485. The Labute approximate surface area is 58.3 Å². The lowest BCUT2D eigenvalue weighted by Gasteiger charge is -1.91. The molecule has 0 bridgehead atoms. The van der Waals surface area contributed by atoms with E-state index >= 15 is 0 Å². The molecule has 0 aromatic carbocycles. The standard InChI is InChI=1S/C6H5NO3/c8-5-2-1-4(3-7-5)6(9)10/h1-3H,(H,7,8)(H,9,10)/i/hD. The lowest BCUT2D eigenvalue weighted by Crippen LogP contribution is -1.95. The molecule has 0 unspecified atom stereocenters. The van der Waals surface area contributed by atoms with Gasteiger partial charge in [0.05, 0.1) is 5.56 Å². The van der Waals surface area contributed by atoms with Crippen molar-refractivity contribution >= 4 is 5.97 Å². The molecule has 0 aliphatic rings. The fourth-order valence-electron chi connectivity index (χ4n) is 0.507. The highest BCUT2D eigenvalue weighted by Crippen LogP contribution is 2.03. The monoisotopic (exact) mass is 140 g/mol. The first-order valence-corrected chi connectivity index (χ1v) is 2.56. The molecule has 1 aromatic heterocycles. The molecule has 0 fully saturated rings. The Bertz CT molecular complexity index is 259. The number of nitrogens with zero attached hydrogens (tertiary/aromatic N) is 1. The van der Waals surface area contributed by atoms with Crippen LogP contribution in [0, 0.1) is 0 Å². The van der Waals surface area contributed by atoms with E-state index in [0.717, 1.165) is 6.20 Å². The van der Waals surface area contributed by atoms with Gasteiger partial charge in [0.2, 0.25) is 5.88 Å². The van der Waals surface area contributed by atoms with Crippen molar-refractivity contribution in [3.8, 4) is 5.88 Å². The van der Waals surface area contributed by atoms with Crippen LogP contribution in [0.3, 0.4) is 0 Å². The number of hydrogen-bond acceptors (Lipinski definition) is 3. The van der Waals surface area contributed by atoms with Gasteiger partial charge in [-0.15, -0.1) is 0 Å². The number of rotatable bonds is 2. The van der Waals surface area contributed by atoms with Gasteiger partial charge in [-0.3, -0.25) is 0 Å². The molecule has 52 valence electrons. The van der Waals surface area contributed by atoms with Crippen LogP contribution in [0.4, 0.5) is 0 Å². The van der Waals surface area contributed by atoms with Crippen molar-refractivity contribution in [1.82, 2.24) is 4.98 Å². The molecule has 0 spiro atoms. The van der Waals surface area contributed by atoms with Gasteiger partial charge in [0.1, 0.15) is 0 Å². The normalized spacial score (nSPS) is 10.2. The fraction of sp³-hybridized carbons (Fsp3) is 0. The van der Waals surface area contributed by atoms with Crippen LogP contribution in [0.25, 0.3) is 0 Å². The minimum atomic E-state index is -1.05. The van der Waals surface area contributed by atoms with E-state index in [2.05, 4.69) is 10.1 Å². The van der Waals surface area contributed by atoms with Crippen molar-refractivity contribution < 1.29 is 15.0 Å². The maximum Gasteiger partial charge on any atom is 0.337 e. The molecule has 1 rings (SSSR count). The second-order valence-corrected chi connectivity index (χ2v) is 1.69. The highest BCUT2D eigenvalue weighted by atomic mass is 16.4. The Hall–Kier alpha value is -1.58. The summed E-state index contributed by atoms with van der Waals surface area (Å²) in [5.41, 5.74) is 0.0748.